The van der Waals surface area contributed by atoms with E-state index in [0.29, 0.717) is 29.3 Å². The number of nitrogens with zero attached hydrogens (tertiary/aromatic N) is 3. The Kier molecular flexibility index (Phi) is 4.76. The monoisotopic (exact) mass is 390 g/mol. The first-order chi connectivity index (χ1) is 13.4. The number of phenolic OH excluding ortho intramolecular Hbond substituents is 1. The topological polar surface area (TPSA) is 80.2 Å². The van der Waals surface area contributed by atoms with E-state index in [1.165, 1.54) is 6.07 Å². The molecule has 2 aromatic heterocycles. The van der Waals surface area contributed by atoms with Crippen LogP contribution >= 0.6 is 0 Å². The Bertz CT molecular complexity index is 1000. The number of nitrogens with one attached hydrogen (secondary N) is 1. The van der Waals surface area contributed by atoms with Gasteiger partial charge in [0.15, 0.2) is 5.82 Å². The van der Waals surface area contributed by atoms with E-state index in [9.17, 15) is 18.3 Å². The summed E-state index contributed by atoms with van der Waals surface area (Å²) < 4.78 is 44.1. The summed E-state index contributed by atoms with van der Waals surface area (Å²) >= 11 is 0. The van der Waals surface area contributed by atoms with Crippen LogP contribution in [0.1, 0.15) is 18.4 Å². The predicted molar refractivity (Wildman–Crippen MR) is 96.9 cm³/mol. The number of rotatable bonds is 3. The first kappa shape index (κ1) is 18.4. The molecule has 0 unspecified atom stereocenters. The summed E-state index contributed by atoms with van der Waals surface area (Å²) in [6.07, 6.45) is 0.510. The average Bonchev–Trinajstić information content (AvgIpc) is 2.69. The number of fused-ring (bicyclic) bond motifs is 1. The molecule has 0 aliphatic carbocycles. The Labute approximate surface area is 158 Å². The Morgan fingerprint density at radius 1 is 1.14 bits per heavy atom. The van der Waals surface area contributed by atoms with E-state index in [1.54, 1.807) is 18.5 Å². The largest absolute Gasteiger partial charge is 0.507 e. The molecule has 1 aliphatic heterocycles. The van der Waals surface area contributed by atoms with Crippen molar-refractivity contribution in [2.24, 2.45) is 0 Å². The molecule has 0 amide bonds. The van der Waals surface area contributed by atoms with Crippen LogP contribution in [0, 0.1) is 0 Å². The van der Waals surface area contributed by atoms with Crippen molar-refractivity contribution in [3.05, 3.63) is 42.2 Å². The third-order valence-corrected chi connectivity index (χ3v) is 4.66. The van der Waals surface area contributed by atoms with Crippen LogP contribution in [0.15, 0.2) is 36.7 Å². The fourth-order valence-corrected chi connectivity index (χ4v) is 3.26. The molecular formula is C19H17F3N4O2. The van der Waals surface area contributed by atoms with Gasteiger partial charge >= 0.3 is 6.18 Å². The number of phenols is 1. The minimum atomic E-state index is -4.54. The van der Waals surface area contributed by atoms with Gasteiger partial charge in [0, 0.05) is 35.3 Å². The van der Waals surface area contributed by atoms with E-state index in [4.69, 9.17) is 4.74 Å². The van der Waals surface area contributed by atoms with Gasteiger partial charge in [-0.05, 0) is 37.1 Å². The van der Waals surface area contributed by atoms with Gasteiger partial charge in [-0.25, -0.2) is 0 Å². The van der Waals surface area contributed by atoms with Crippen molar-refractivity contribution in [3.8, 4) is 17.0 Å². The molecule has 1 atom stereocenters. The van der Waals surface area contributed by atoms with Crippen LogP contribution in [0.3, 0.4) is 0 Å². The molecule has 4 rings (SSSR count). The molecule has 1 saturated heterocycles. The fourth-order valence-electron chi connectivity index (χ4n) is 3.26. The summed E-state index contributed by atoms with van der Waals surface area (Å²) in [5, 5.41) is 23.1. The smallest absolute Gasteiger partial charge is 0.416 e. The van der Waals surface area contributed by atoms with E-state index < -0.39 is 17.5 Å². The summed E-state index contributed by atoms with van der Waals surface area (Å²) in [6, 6.07) is 4.59. The van der Waals surface area contributed by atoms with Crippen molar-refractivity contribution in [2.45, 2.75) is 25.1 Å². The molecule has 2 N–H and O–H groups in total. The third kappa shape index (κ3) is 3.57. The lowest BCUT2D eigenvalue weighted by Crippen LogP contribution is -2.30. The molecule has 0 spiro atoms. The molecule has 6 nitrogen and oxygen atoms in total. The Morgan fingerprint density at radius 2 is 2.00 bits per heavy atom. The highest BCUT2D eigenvalue weighted by Gasteiger charge is 2.31. The summed E-state index contributed by atoms with van der Waals surface area (Å²) in [6.45, 7) is 1.29. The van der Waals surface area contributed by atoms with Gasteiger partial charge < -0.3 is 15.2 Å². The maximum atomic E-state index is 12.9. The van der Waals surface area contributed by atoms with Crippen molar-refractivity contribution in [2.75, 3.05) is 18.5 Å². The lowest BCUT2D eigenvalue weighted by molar-refractivity contribution is -0.137. The summed E-state index contributed by atoms with van der Waals surface area (Å²) in [4.78, 5) is 4.12. The van der Waals surface area contributed by atoms with Gasteiger partial charge in [-0.15, -0.1) is 10.2 Å². The highest BCUT2D eigenvalue weighted by atomic mass is 19.4. The predicted octanol–water partition coefficient (Wildman–Crippen LogP) is 4.01. The normalized spacial score (nSPS) is 17.6. The molecule has 9 heteroatoms. The van der Waals surface area contributed by atoms with Gasteiger partial charge in [0.25, 0.3) is 0 Å². The molecule has 3 aromatic rings. The molecule has 1 aromatic carbocycles. The maximum absolute atomic E-state index is 12.9. The Hall–Kier alpha value is -2.94. The van der Waals surface area contributed by atoms with Crippen LogP contribution in [0.2, 0.25) is 0 Å². The van der Waals surface area contributed by atoms with Gasteiger partial charge in [-0.3, -0.25) is 4.98 Å². The lowest BCUT2D eigenvalue weighted by Gasteiger charge is -2.24. The zero-order valence-electron chi connectivity index (χ0n) is 14.7. The van der Waals surface area contributed by atoms with E-state index in [2.05, 4.69) is 20.5 Å². The van der Waals surface area contributed by atoms with Crippen LogP contribution in [-0.2, 0) is 10.9 Å². The summed E-state index contributed by atoms with van der Waals surface area (Å²) in [7, 11) is 0. The second-order valence-corrected chi connectivity index (χ2v) is 6.61. The van der Waals surface area contributed by atoms with E-state index >= 15 is 0 Å². The number of aromatic hydroxyl groups is 1. The number of hydrogen-bond donors (Lipinski definition) is 2. The number of alkyl halides is 3. The molecule has 28 heavy (non-hydrogen) atoms. The number of hydrogen-bond acceptors (Lipinski definition) is 6. The minimum Gasteiger partial charge on any atom is -0.507 e. The number of ether oxygens (including phenoxy) is 1. The number of benzene rings is 1. The highest BCUT2D eigenvalue weighted by Crippen LogP contribution is 2.38. The molecule has 3 heterocycles. The third-order valence-electron chi connectivity index (χ3n) is 4.66. The van der Waals surface area contributed by atoms with Crippen molar-refractivity contribution in [3.63, 3.8) is 0 Å². The van der Waals surface area contributed by atoms with Gasteiger partial charge in [-0.2, -0.15) is 13.2 Å². The Morgan fingerprint density at radius 3 is 2.71 bits per heavy atom. The van der Waals surface area contributed by atoms with Gasteiger partial charge in [0.1, 0.15) is 11.4 Å². The average molecular weight is 390 g/mol. The van der Waals surface area contributed by atoms with Crippen LogP contribution in [0.25, 0.3) is 22.0 Å². The second kappa shape index (κ2) is 7.23. The molecule has 1 fully saturated rings. The van der Waals surface area contributed by atoms with Gasteiger partial charge in [0.2, 0.25) is 0 Å². The van der Waals surface area contributed by atoms with Crippen molar-refractivity contribution in [1.82, 2.24) is 15.2 Å². The van der Waals surface area contributed by atoms with Crippen LogP contribution < -0.4 is 5.32 Å². The molecule has 146 valence electrons. The second-order valence-electron chi connectivity index (χ2n) is 6.61. The molecule has 0 bridgehead atoms. The first-order valence-electron chi connectivity index (χ1n) is 8.79. The zero-order chi connectivity index (χ0) is 19.7. The summed E-state index contributed by atoms with van der Waals surface area (Å²) in [5.74, 6) is 0.0115. The van der Waals surface area contributed by atoms with E-state index in [-0.39, 0.29) is 17.3 Å². The number of halogens is 3. The molecular weight excluding hydrogens is 373 g/mol. The number of pyridine rings is 1. The Balaban J connectivity index is 1.76. The quantitative estimate of drug-likeness (QED) is 0.704. The zero-order valence-corrected chi connectivity index (χ0v) is 14.7. The van der Waals surface area contributed by atoms with Gasteiger partial charge in [0.05, 0.1) is 18.2 Å². The van der Waals surface area contributed by atoms with Crippen molar-refractivity contribution in [1.29, 1.82) is 0 Å². The van der Waals surface area contributed by atoms with Crippen molar-refractivity contribution < 1.29 is 23.0 Å². The molecule has 0 radical (unpaired) electrons. The molecule has 1 aliphatic rings. The fraction of sp³-hybridized carbons (Fsp3) is 0.316. The SMILES string of the molecule is Oc1cc(C(F)(F)F)ccc1-c1nnc(N[C@@H]2CCCOC2)c2cnccc12. The highest BCUT2D eigenvalue weighted by molar-refractivity contribution is 6.00. The van der Waals surface area contributed by atoms with Crippen molar-refractivity contribution >= 4 is 16.6 Å². The first-order valence-corrected chi connectivity index (χ1v) is 8.79. The minimum absolute atomic E-state index is 0.0942. The standard InChI is InChI=1S/C19H17F3N4O2/c20-19(21,22)11-3-4-14(16(27)8-11)17-13-5-6-23-9-15(13)18(26-25-17)24-12-2-1-7-28-10-12/h3-6,8-9,12,27H,1-2,7,10H2,(H,24,26)/t12-/m1/s1. The number of aromatic nitrogens is 3. The molecule has 0 saturated carbocycles. The van der Waals surface area contributed by atoms with E-state index in [0.717, 1.165) is 25.5 Å². The van der Waals surface area contributed by atoms with E-state index in [1.807, 2.05) is 0 Å². The maximum Gasteiger partial charge on any atom is 0.416 e. The lowest BCUT2D eigenvalue weighted by atomic mass is 10.0. The summed E-state index contributed by atoms with van der Waals surface area (Å²) in [5.41, 5.74) is -0.471. The van der Waals surface area contributed by atoms with Crippen LogP contribution in [0.5, 0.6) is 5.75 Å². The van der Waals surface area contributed by atoms with Crippen LogP contribution in [0.4, 0.5) is 19.0 Å². The van der Waals surface area contributed by atoms with Crippen LogP contribution in [-0.4, -0.2) is 39.5 Å². The number of anilines is 1. The van der Waals surface area contributed by atoms with Gasteiger partial charge in [-0.1, -0.05) is 0 Å².